The van der Waals surface area contributed by atoms with E-state index in [0.29, 0.717) is 72.2 Å². The number of benzene rings is 2. The van der Waals surface area contributed by atoms with E-state index in [0.717, 1.165) is 52.1 Å². The maximum absolute atomic E-state index is 12.8. The van der Waals surface area contributed by atoms with Crippen LogP contribution in [0.15, 0.2) is 73.0 Å². The lowest BCUT2D eigenvalue weighted by molar-refractivity contribution is -0.138. The third-order valence-electron chi connectivity index (χ3n) is 8.78. The minimum atomic E-state index is -1.02. The summed E-state index contributed by atoms with van der Waals surface area (Å²) in [7, 11) is 0. The van der Waals surface area contributed by atoms with Gasteiger partial charge in [0.05, 0.1) is 59.2 Å². The Kier molecular flexibility index (Phi) is 19.2. The Morgan fingerprint density at radius 2 is 1.56 bits per heavy atom. The monoisotopic (exact) mass is 760 g/mol. The summed E-state index contributed by atoms with van der Waals surface area (Å²) in [5.74, 6) is -0.436. The van der Waals surface area contributed by atoms with Crippen LogP contribution in [0.2, 0.25) is 0 Å². The van der Waals surface area contributed by atoms with Crippen molar-refractivity contribution in [2.75, 3.05) is 77.9 Å². The van der Waals surface area contributed by atoms with Gasteiger partial charge in [-0.25, -0.2) is 4.98 Å². The van der Waals surface area contributed by atoms with Crippen molar-refractivity contribution < 1.29 is 43.2 Å². The first-order valence-corrected chi connectivity index (χ1v) is 19.1. The fourth-order valence-corrected chi connectivity index (χ4v) is 6.03. The Hall–Kier alpha value is -4.82. The molecule has 1 aliphatic carbocycles. The number of amides is 2. The number of fused-ring (bicyclic) bond motifs is 1. The maximum Gasteiger partial charge on any atom is 0.305 e. The summed E-state index contributed by atoms with van der Waals surface area (Å²) in [4.78, 5) is 41.1. The Morgan fingerprint density at radius 1 is 0.873 bits per heavy atom. The number of carboxylic acid groups (broad SMARTS) is 1. The number of ether oxygens (including phenoxy) is 5. The number of nitrogens with one attached hydrogen (secondary N) is 3. The van der Waals surface area contributed by atoms with E-state index in [4.69, 9.17) is 23.7 Å². The lowest BCUT2D eigenvalue weighted by Crippen LogP contribution is -2.46. The Balaban J connectivity index is 1.19. The largest absolute Gasteiger partial charge is 0.491 e. The fourth-order valence-electron chi connectivity index (χ4n) is 6.03. The van der Waals surface area contributed by atoms with Gasteiger partial charge in [-0.2, -0.15) is 0 Å². The second-order valence-electron chi connectivity index (χ2n) is 13.2. The van der Waals surface area contributed by atoms with Crippen LogP contribution in [0.1, 0.15) is 50.2 Å². The molecule has 55 heavy (non-hydrogen) atoms. The molecule has 298 valence electrons. The van der Waals surface area contributed by atoms with Gasteiger partial charge in [0.2, 0.25) is 11.8 Å². The molecule has 13 nitrogen and oxygen atoms in total. The predicted octanol–water partition coefficient (Wildman–Crippen LogP) is 5.33. The standard InChI is InChI=1S/C42H56N4O9/c1-3-19-51-20-21-52-22-23-53-24-25-54-26-27-55-38-10-5-8-35-34(7-4-9-36(35)38)32-12-14-33(15-13-32)37(29-42(49)50)46-41(48)30-45-40(47)11-6-17-43-39-28-31(2)16-18-44-39/h4-5,7-10,12-14,16,18,28,33,37H,3,6,11,15,17,19-27,29-30H2,1-2H3,(H,43,44)(H,45,47)(H,46,48)(H,49,50)/t33?,37-/m0/s1. The van der Waals surface area contributed by atoms with E-state index in [1.165, 1.54) is 0 Å². The van der Waals surface area contributed by atoms with Gasteiger partial charge in [0, 0.05) is 43.1 Å². The topological polar surface area (TPSA) is 167 Å². The first kappa shape index (κ1) is 42.9. The molecule has 13 heteroatoms. The summed E-state index contributed by atoms with van der Waals surface area (Å²) in [6.07, 6.45) is 9.82. The molecule has 0 radical (unpaired) electrons. The highest BCUT2D eigenvalue weighted by Crippen LogP contribution is 2.34. The van der Waals surface area contributed by atoms with E-state index in [1.54, 1.807) is 6.20 Å². The van der Waals surface area contributed by atoms with Gasteiger partial charge < -0.3 is 44.7 Å². The molecule has 2 aromatic carbocycles. The molecular weight excluding hydrogens is 704 g/mol. The van der Waals surface area contributed by atoms with Gasteiger partial charge in [-0.15, -0.1) is 0 Å². The highest BCUT2D eigenvalue weighted by atomic mass is 16.6. The summed E-state index contributed by atoms with van der Waals surface area (Å²) in [5, 5.41) is 20.3. The minimum Gasteiger partial charge on any atom is -0.491 e. The number of aliphatic carboxylic acids is 1. The van der Waals surface area contributed by atoms with Crippen molar-refractivity contribution in [1.82, 2.24) is 15.6 Å². The fraction of sp³-hybridized carbons (Fsp3) is 0.476. The SMILES string of the molecule is CCCOCCOCCOCCOCCOc1cccc2c(C3=CCC([C@H](CC(=O)O)NC(=O)CNC(=O)CCCNc4cc(C)ccn4)C=C3)cccc12. The van der Waals surface area contributed by atoms with Crippen LogP contribution in [0.3, 0.4) is 0 Å². The molecule has 0 saturated carbocycles. The number of nitrogens with zero attached hydrogens (tertiary/aromatic N) is 1. The Labute approximate surface area is 323 Å². The van der Waals surface area contributed by atoms with Crippen LogP contribution in [0, 0.1) is 12.8 Å². The van der Waals surface area contributed by atoms with E-state index < -0.39 is 17.9 Å². The molecule has 1 heterocycles. The van der Waals surface area contributed by atoms with E-state index in [1.807, 2.05) is 67.6 Å². The van der Waals surface area contributed by atoms with Crippen LogP contribution in [0.25, 0.3) is 16.3 Å². The highest BCUT2D eigenvalue weighted by Gasteiger charge is 2.25. The van der Waals surface area contributed by atoms with E-state index in [2.05, 4.69) is 33.9 Å². The number of pyridine rings is 1. The number of carbonyl (C=O) groups excluding carboxylic acids is 2. The molecule has 1 unspecified atom stereocenters. The number of anilines is 1. The number of carboxylic acids is 1. The predicted molar refractivity (Wildman–Crippen MR) is 212 cm³/mol. The summed E-state index contributed by atoms with van der Waals surface area (Å²) in [5.41, 5.74) is 3.11. The van der Waals surface area contributed by atoms with Gasteiger partial charge in [0.15, 0.2) is 0 Å². The normalized spacial score (nSPS) is 14.3. The highest BCUT2D eigenvalue weighted by molar-refractivity contribution is 5.99. The quantitative estimate of drug-likeness (QED) is 0.0743. The summed E-state index contributed by atoms with van der Waals surface area (Å²) >= 11 is 0. The number of aryl methyl sites for hydroxylation is 1. The van der Waals surface area contributed by atoms with E-state index in [-0.39, 0.29) is 31.2 Å². The number of carbonyl (C=O) groups is 3. The van der Waals surface area contributed by atoms with Gasteiger partial charge in [-0.05, 0) is 66.5 Å². The van der Waals surface area contributed by atoms with Crippen molar-refractivity contribution in [3.05, 3.63) is 84.1 Å². The first-order valence-electron chi connectivity index (χ1n) is 19.1. The van der Waals surface area contributed by atoms with E-state index >= 15 is 0 Å². The summed E-state index contributed by atoms with van der Waals surface area (Å²) < 4.78 is 28.2. The van der Waals surface area contributed by atoms with Crippen LogP contribution in [-0.4, -0.2) is 106 Å². The third-order valence-corrected chi connectivity index (χ3v) is 8.78. The zero-order valence-electron chi connectivity index (χ0n) is 32.1. The molecular formula is C42H56N4O9. The van der Waals surface area contributed by atoms with Crippen LogP contribution in [0.5, 0.6) is 5.75 Å². The zero-order valence-corrected chi connectivity index (χ0v) is 32.1. The van der Waals surface area contributed by atoms with Crippen molar-refractivity contribution in [2.45, 2.75) is 52.0 Å². The first-order chi connectivity index (χ1) is 26.8. The van der Waals surface area contributed by atoms with Crippen molar-refractivity contribution in [3.8, 4) is 5.75 Å². The number of allylic oxidation sites excluding steroid dienone is 3. The van der Waals surface area contributed by atoms with Gasteiger partial charge in [-0.3, -0.25) is 14.4 Å². The van der Waals surface area contributed by atoms with Crippen molar-refractivity contribution in [2.24, 2.45) is 5.92 Å². The van der Waals surface area contributed by atoms with Gasteiger partial charge in [0.1, 0.15) is 18.2 Å². The smallest absolute Gasteiger partial charge is 0.305 e. The minimum absolute atomic E-state index is 0.230. The lowest BCUT2D eigenvalue weighted by atomic mass is 9.85. The lowest BCUT2D eigenvalue weighted by Gasteiger charge is -2.26. The maximum atomic E-state index is 12.8. The Morgan fingerprint density at radius 3 is 2.24 bits per heavy atom. The second-order valence-corrected chi connectivity index (χ2v) is 13.2. The molecule has 0 bridgehead atoms. The van der Waals surface area contributed by atoms with Crippen molar-refractivity contribution in [3.63, 3.8) is 0 Å². The van der Waals surface area contributed by atoms with Crippen LogP contribution in [0.4, 0.5) is 5.82 Å². The molecule has 1 aromatic heterocycles. The van der Waals surface area contributed by atoms with Gasteiger partial charge in [0.25, 0.3) is 0 Å². The molecule has 0 aliphatic heterocycles. The molecule has 1 aliphatic rings. The molecule has 0 fully saturated rings. The van der Waals surface area contributed by atoms with Crippen LogP contribution < -0.4 is 20.7 Å². The van der Waals surface area contributed by atoms with Crippen LogP contribution >= 0.6 is 0 Å². The molecule has 0 saturated heterocycles. The molecule has 4 N–H and O–H groups in total. The molecule has 3 aromatic rings. The number of hydrogen-bond donors (Lipinski definition) is 4. The molecule has 2 amide bonds. The van der Waals surface area contributed by atoms with Gasteiger partial charge in [-0.1, -0.05) is 55.5 Å². The Bertz CT molecular complexity index is 1710. The second kappa shape index (κ2) is 24.6. The average Bonchev–Trinajstić information content (AvgIpc) is 3.18. The molecule has 2 atom stereocenters. The number of hydrogen-bond acceptors (Lipinski definition) is 10. The van der Waals surface area contributed by atoms with Crippen molar-refractivity contribution in [1.29, 1.82) is 0 Å². The summed E-state index contributed by atoms with van der Waals surface area (Å²) in [6, 6.07) is 15.2. The van der Waals surface area contributed by atoms with E-state index in [9.17, 15) is 19.5 Å². The molecule has 4 rings (SSSR count). The van der Waals surface area contributed by atoms with Gasteiger partial charge >= 0.3 is 5.97 Å². The average molecular weight is 761 g/mol. The third kappa shape index (κ3) is 15.8. The number of rotatable bonds is 27. The molecule has 0 spiro atoms. The van der Waals surface area contributed by atoms with Crippen molar-refractivity contribution >= 4 is 39.9 Å². The van der Waals surface area contributed by atoms with Crippen LogP contribution in [-0.2, 0) is 33.3 Å². The summed E-state index contributed by atoms with van der Waals surface area (Å²) in [6.45, 7) is 9.08. The number of aromatic nitrogens is 1. The zero-order chi connectivity index (χ0) is 39.1.